The number of rotatable bonds is 3. The average molecular weight is 226 g/mol. The Morgan fingerprint density at radius 1 is 1.50 bits per heavy atom. The van der Waals surface area contributed by atoms with Crippen LogP contribution in [-0.4, -0.2) is 24.4 Å². The topological polar surface area (TPSA) is 38.7 Å². The number of hydrogen-bond donors (Lipinski definition) is 1. The number of ether oxygens (including phenoxy) is 2. The van der Waals surface area contributed by atoms with Gasteiger partial charge in [-0.2, -0.15) is 0 Å². The maximum absolute atomic E-state index is 13.6. The third-order valence-corrected chi connectivity index (χ3v) is 2.75. The van der Waals surface area contributed by atoms with Crippen LogP contribution in [0.15, 0.2) is 24.3 Å². The summed E-state index contributed by atoms with van der Waals surface area (Å²) in [6.45, 7) is 2.12. The molecule has 0 radical (unpaired) electrons. The van der Waals surface area contributed by atoms with E-state index in [9.17, 15) is 4.39 Å². The molecule has 1 saturated heterocycles. The first kappa shape index (κ1) is 11.5. The van der Waals surface area contributed by atoms with Gasteiger partial charge in [-0.3, -0.25) is 0 Å². The highest BCUT2D eigenvalue weighted by Crippen LogP contribution is 2.35. The van der Waals surface area contributed by atoms with Gasteiger partial charge in [0.2, 0.25) is 0 Å². The monoisotopic (exact) mass is 226 g/mol. The summed E-state index contributed by atoms with van der Waals surface area (Å²) in [5.74, 6) is -1.37. The summed E-state index contributed by atoms with van der Waals surface area (Å²) >= 11 is 0. The van der Waals surface area contributed by atoms with Crippen LogP contribution in [0.5, 0.6) is 0 Å². The molecule has 1 aliphatic rings. The number of hydrogen-bond acceptors (Lipinski definition) is 3. The van der Waals surface area contributed by atoms with Crippen molar-refractivity contribution in [2.75, 3.05) is 13.2 Å². The first-order valence-corrected chi connectivity index (χ1v) is 5.33. The van der Waals surface area contributed by atoms with Gasteiger partial charge in [-0.15, -0.1) is 0 Å². The Hall–Kier alpha value is -0.970. The summed E-state index contributed by atoms with van der Waals surface area (Å²) in [7, 11) is 0. The second kappa shape index (κ2) is 4.49. The minimum atomic E-state index is -1.04. The normalized spacial score (nSPS) is 29.6. The van der Waals surface area contributed by atoms with Crippen LogP contribution in [0.3, 0.4) is 0 Å². The Bertz CT molecular complexity index is 369. The van der Waals surface area contributed by atoms with Crippen LogP contribution >= 0.6 is 0 Å². The van der Waals surface area contributed by atoms with Gasteiger partial charge in [0.05, 0.1) is 12.7 Å². The highest BCUT2D eigenvalue weighted by Gasteiger charge is 2.40. The predicted octanol–water partition coefficient (Wildman–Crippen LogP) is 1.80. The van der Waals surface area contributed by atoms with Crippen molar-refractivity contribution >= 4 is 0 Å². The van der Waals surface area contributed by atoms with E-state index in [4.69, 9.17) is 14.6 Å². The molecule has 1 heterocycles. The highest BCUT2D eigenvalue weighted by atomic mass is 19.1. The second-order valence-electron chi connectivity index (χ2n) is 3.99. The maximum atomic E-state index is 13.6. The zero-order valence-electron chi connectivity index (χ0n) is 9.15. The Balaban J connectivity index is 2.18. The molecule has 0 amide bonds. The van der Waals surface area contributed by atoms with Crippen molar-refractivity contribution in [3.05, 3.63) is 35.6 Å². The van der Waals surface area contributed by atoms with Crippen LogP contribution in [0.25, 0.3) is 0 Å². The summed E-state index contributed by atoms with van der Waals surface area (Å²) in [6.07, 6.45) is 0.332. The lowest BCUT2D eigenvalue weighted by molar-refractivity contribution is -0.164. The minimum Gasteiger partial charge on any atom is -0.396 e. The van der Waals surface area contributed by atoms with E-state index in [1.165, 1.54) is 6.07 Å². The summed E-state index contributed by atoms with van der Waals surface area (Å²) in [4.78, 5) is 0. The standard InChI is InChI=1S/C12H15FO3/c1-12(10-4-2-3-5-11(10)13)15-8-9(16-12)6-7-14/h2-5,9,14H,6-8H2,1H3. The van der Waals surface area contributed by atoms with Gasteiger partial charge in [-0.1, -0.05) is 18.2 Å². The summed E-state index contributed by atoms with van der Waals surface area (Å²) in [5, 5.41) is 8.81. The highest BCUT2D eigenvalue weighted by molar-refractivity contribution is 5.22. The number of benzene rings is 1. The SMILES string of the molecule is CC1(c2ccccc2F)OCC(CCO)O1. The molecule has 0 spiro atoms. The van der Waals surface area contributed by atoms with Gasteiger partial charge >= 0.3 is 0 Å². The maximum Gasteiger partial charge on any atom is 0.195 e. The molecule has 2 atom stereocenters. The molecule has 2 unspecified atom stereocenters. The van der Waals surface area contributed by atoms with Gasteiger partial charge < -0.3 is 14.6 Å². The van der Waals surface area contributed by atoms with Crippen molar-refractivity contribution in [2.24, 2.45) is 0 Å². The minimum absolute atomic E-state index is 0.0430. The average Bonchev–Trinajstić information content (AvgIpc) is 2.62. The third-order valence-electron chi connectivity index (χ3n) is 2.75. The number of aliphatic hydroxyl groups excluding tert-OH is 1. The Morgan fingerprint density at radius 2 is 2.25 bits per heavy atom. The Kier molecular flexibility index (Phi) is 3.23. The zero-order chi connectivity index (χ0) is 11.6. The molecule has 2 rings (SSSR count). The van der Waals surface area contributed by atoms with Crippen molar-refractivity contribution in [1.82, 2.24) is 0 Å². The van der Waals surface area contributed by atoms with Crippen LogP contribution in [-0.2, 0) is 15.3 Å². The smallest absolute Gasteiger partial charge is 0.195 e. The van der Waals surface area contributed by atoms with E-state index in [1.54, 1.807) is 25.1 Å². The molecule has 1 aromatic rings. The van der Waals surface area contributed by atoms with Crippen LogP contribution in [0, 0.1) is 5.82 Å². The lowest BCUT2D eigenvalue weighted by Crippen LogP contribution is -2.25. The molecular weight excluding hydrogens is 211 g/mol. The van der Waals surface area contributed by atoms with E-state index in [0.29, 0.717) is 18.6 Å². The van der Waals surface area contributed by atoms with E-state index in [-0.39, 0.29) is 18.5 Å². The first-order valence-electron chi connectivity index (χ1n) is 5.33. The first-order chi connectivity index (χ1) is 7.65. The molecular formula is C12H15FO3. The lowest BCUT2D eigenvalue weighted by atomic mass is 10.1. The largest absolute Gasteiger partial charge is 0.396 e. The van der Waals surface area contributed by atoms with E-state index >= 15 is 0 Å². The molecule has 4 heteroatoms. The van der Waals surface area contributed by atoms with Gasteiger partial charge in [0.25, 0.3) is 0 Å². The number of aliphatic hydroxyl groups is 1. The third kappa shape index (κ3) is 2.09. The predicted molar refractivity (Wildman–Crippen MR) is 56.3 cm³/mol. The molecule has 16 heavy (non-hydrogen) atoms. The molecule has 1 aromatic carbocycles. The molecule has 0 bridgehead atoms. The molecule has 1 aliphatic heterocycles. The Morgan fingerprint density at radius 3 is 2.94 bits per heavy atom. The van der Waals surface area contributed by atoms with Gasteiger partial charge in [0.1, 0.15) is 5.82 Å². The fourth-order valence-corrected chi connectivity index (χ4v) is 1.90. The van der Waals surface area contributed by atoms with Gasteiger partial charge in [-0.25, -0.2) is 4.39 Å². The molecule has 88 valence electrons. The van der Waals surface area contributed by atoms with E-state index in [0.717, 1.165) is 0 Å². The van der Waals surface area contributed by atoms with Crippen LogP contribution in [0.4, 0.5) is 4.39 Å². The van der Waals surface area contributed by atoms with E-state index < -0.39 is 5.79 Å². The second-order valence-corrected chi connectivity index (χ2v) is 3.99. The zero-order valence-corrected chi connectivity index (χ0v) is 9.15. The molecule has 1 fully saturated rings. The van der Waals surface area contributed by atoms with E-state index in [1.807, 2.05) is 0 Å². The van der Waals surface area contributed by atoms with Crippen LogP contribution in [0.2, 0.25) is 0 Å². The van der Waals surface area contributed by atoms with Gasteiger partial charge in [0, 0.05) is 12.2 Å². The molecule has 1 N–H and O–H groups in total. The van der Waals surface area contributed by atoms with Crippen molar-refractivity contribution in [3.63, 3.8) is 0 Å². The molecule has 0 aliphatic carbocycles. The van der Waals surface area contributed by atoms with Crippen molar-refractivity contribution in [3.8, 4) is 0 Å². The summed E-state index contributed by atoms with van der Waals surface area (Å²) < 4.78 is 24.7. The van der Waals surface area contributed by atoms with Gasteiger partial charge in [0.15, 0.2) is 5.79 Å². The fraction of sp³-hybridized carbons (Fsp3) is 0.500. The molecule has 3 nitrogen and oxygen atoms in total. The Labute approximate surface area is 93.8 Å². The summed E-state index contributed by atoms with van der Waals surface area (Å²) in [5.41, 5.74) is 0.399. The van der Waals surface area contributed by atoms with Crippen LogP contribution < -0.4 is 0 Å². The molecule has 0 aromatic heterocycles. The van der Waals surface area contributed by atoms with Gasteiger partial charge in [-0.05, 0) is 19.4 Å². The fourth-order valence-electron chi connectivity index (χ4n) is 1.90. The quantitative estimate of drug-likeness (QED) is 0.854. The van der Waals surface area contributed by atoms with Crippen molar-refractivity contribution in [2.45, 2.75) is 25.2 Å². The van der Waals surface area contributed by atoms with Crippen molar-refractivity contribution < 1.29 is 19.0 Å². The van der Waals surface area contributed by atoms with E-state index in [2.05, 4.69) is 0 Å². The van der Waals surface area contributed by atoms with Crippen LogP contribution in [0.1, 0.15) is 18.9 Å². The number of halogens is 1. The lowest BCUT2D eigenvalue weighted by Gasteiger charge is -2.24. The summed E-state index contributed by atoms with van der Waals surface area (Å²) in [6, 6.07) is 6.40. The molecule has 0 saturated carbocycles. The van der Waals surface area contributed by atoms with Crippen molar-refractivity contribution in [1.29, 1.82) is 0 Å².